The van der Waals surface area contributed by atoms with Crippen LogP contribution in [0.2, 0.25) is 0 Å². The smallest absolute Gasteiger partial charge is 0.303 e. The summed E-state index contributed by atoms with van der Waals surface area (Å²) in [5.41, 5.74) is 1.52. The van der Waals surface area contributed by atoms with Crippen LogP contribution in [0.25, 0.3) is 0 Å². The Morgan fingerprint density at radius 1 is 1.33 bits per heavy atom. The van der Waals surface area contributed by atoms with E-state index in [4.69, 9.17) is 5.11 Å². The van der Waals surface area contributed by atoms with E-state index in [1.165, 1.54) is 0 Å². The number of hydrogen-bond acceptors (Lipinski definition) is 3. The summed E-state index contributed by atoms with van der Waals surface area (Å²) in [6.07, 6.45) is 0.169. The molecule has 0 radical (unpaired) electrons. The van der Waals surface area contributed by atoms with Crippen LogP contribution in [-0.2, 0) is 21.1 Å². The summed E-state index contributed by atoms with van der Waals surface area (Å²) in [5, 5.41) is 8.19. The van der Waals surface area contributed by atoms with Crippen LogP contribution in [0.3, 0.4) is 0 Å². The van der Waals surface area contributed by atoms with Gasteiger partial charge in [0.15, 0.2) is 9.84 Å². The Labute approximate surface area is 108 Å². The number of sulfone groups is 1. The van der Waals surface area contributed by atoms with Crippen molar-refractivity contribution in [2.24, 2.45) is 0 Å². The van der Waals surface area contributed by atoms with E-state index in [0.29, 0.717) is 5.56 Å². The second-order valence-electron chi connectivity index (χ2n) is 4.60. The molecule has 0 atom stereocenters. The Morgan fingerprint density at radius 2 is 1.94 bits per heavy atom. The van der Waals surface area contributed by atoms with Crippen molar-refractivity contribution in [3.63, 3.8) is 0 Å². The molecule has 0 aliphatic heterocycles. The number of benzene rings is 1. The number of carbonyl (C=O) groups is 1. The Balaban J connectivity index is 3.23. The van der Waals surface area contributed by atoms with E-state index in [0.717, 1.165) is 5.56 Å². The summed E-state index contributed by atoms with van der Waals surface area (Å²) in [4.78, 5) is 10.9. The van der Waals surface area contributed by atoms with Crippen LogP contribution in [0.15, 0.2) is 23.1 Å². The highest BCUT2D eigenvalue weighted by Gasteiger charge is 2.22. The predicted molar refractivity (Wildman–Crippen MR) is 69.5 cm³/mol. The molecule has 0 aromatic heterocycles. The number of carboxylic acids is 1. The van der Waals surface area contributed by atoms with E-state index < -0.39 is 21.1 Å². The highest BCUT2D eigenvalue weighted by molar-refractivity contribution is 7.92. The molecule has 0 aliphatic rings. The Kier molecular flexibility index (Phi) is 4.51. The molecule has 0 saturated heterocycles. The molecule has 0 aliphatic carbocycles. The molecule has 1 rings (SSSR count). The molecule has 0 saturated carbocycles. The van der Waals surface area contributed by atoms with Crippen molar-refractivity contribution in [1.29, 1.82) is 0 Å². The number of aliphatic carboxylic acids is 1. The Bertz CT molecular complexity index is 544. The summed E-state index contributed by atoms with van der Waals surface area (Å²) < 4.78 is 24.3. The standard InChI is InChI=1S/C13H18O4S/c1-9(2)18(16,17)12-6-4-10(3)8-11(12)5-7-13(14)15/h4,6,8-9H,5,7H2,1-3H3,(H,14,15). The molecule has 18 heavy (non-hydrogen) atoms. The zero-order valence-corrected chi connectivity index (χ0v) is 11.6. The molecule has 0 bridgehead atoms. The van der Waals surface area contributed by atoms with Gasteiger partial charge in [-0.2, -0.15) is 0 Å². The summed E-state index contributed by atoms with van der Waals surface area (Å²) in [5.74, 6) is -0.926. The third-order valence-corrected chi connectivity index (χ3v) is 5.00. The molecule has 0 fully saturated rings. The van der Waals surface area contributed by atoms with E-state index in [2.05, 4.69) is 0 Å². The van der Waals surface area contributed by atoms with Gasteiger partial charge in [0, 0.05) is 6.42 Å². The molecule has 0 amide bonds. The lowest BCUT2D eigenvalue weighted by molar-refractivity contribution is -0.136. The summed E-state index contributed by atoms with van der Waals surface area (Å²) in [6, 6.07) is 5.06. The zero-order chi connectivity index (χ0) is 13.9. The lowest BCUT2D eigenvalue weighted by Gasteiger charge is -2.13. The molecule has 100 valence electrons. The van der Waals surface area contributed by atoms with E-state index in [1.54, 1.807) is 32.0 Å². The zero-order valence-electron chi connectivity index (χ0n) is 10.8. The van der Waals surface area contributed by atoms with E-state index >= 15 is 0 Å². The topological polar surface area (TPSA) is 71.4 Å². The van der Waals surface area contributed by atoms with Crippen molar-refractivity contribution in [3.05, 3.63) is 29.3 Å². The first-order chi connectivity index (χ1) is 8.25. The molecule has 4 nitrogen and oxygen atoms in total. The van der Waals surface area contributed by atoms with Gasteiger partial charge >= 0.3 is 5.97 Å². The minimum absolute atomic E-state index is 0.0654. The first-order valence-corrected chi connectivity index (χ1v) is 7.35. The summed E-state index contributed by atoms with van der Waals surface area (Å²) in [7, 11) is -3.37. The third-order valence-electron chi connectivity index (χ3n) is 2.75. The van der Waals surface area contributed by atoms with Gasteiger partial charge in [0.05, 0.1) is 10.1 Å². The highest BCUT2D eigenvalue weighted by Crippen LogP contribution is 2.23. The molecule has 0 unspecified atom stereocenters. The first kappa shape index (κ1) is 14.7. The summed E-state index contributed by atoms with van der Waals surface area (Å²) >= 11 is 0. The monoisotopic (exact) mass is 270 g/mol. The molecular formula is C13H18O4S. The fourth-order valence-electron chi connectivity index (χ4n) is 1.68. The van der Waals surface area contributed by atoms with Crippen molar-refractivity contribution < 1.29 is 18.3 Å². The molecule has 5 heteroatoms. The molecule has 0 spiro atoms. The van der Waals surface area contributed by atoms with Gasteiger partial charge in [-0.1, -0.05) is 17.7 Å². The average Bonchev–Trinajstić information content (AvgIpc) is 2.25. The van der Waals surface area contributed by atoms with Crippen LogP contribution in [0, 0.1) is 6.92 Å². The van der Waals surface area contributed by atoms with Gasteiger partial charge in [-0.15, -0.1) is 0 Å². The Morgan fingerprint density at radius 3 is 2.44 bits per heavy atom. The van der Waals surface area contributed by atoms with Crippen molar-refractivity contribution in [2.75, 3.05) is 0 Å². The minimum Gasteiger partial charge on any atom is -0.481 e. The quantitative estimate of drug-likeness (QED) is 0.890. The second-order valence-corrected chi connectivity index (χ2v) is 7.07. The van der Waals surface area contributed by atoms with E-state index in [-0.39, 0.29) is 17.7 Å². The van der Waals surface area contributed by atoms with Gasteiger partial charge in [0.2, 0.25) is 0 Å². The number of carboxylic acid groups (broad SMARTS) is 1. The maximum atomic E-state index is 12.2. The lowest BCUT2D eigenvalue weighted by atomic mass is 10.1. The van der Waals surface area contributed by atoms with Crippen LogP contribution in [0.5, 0.6) is 0 Å². The van der Waals surface area contributed by atoms with Gasteiger partial charge in [-0.25, -0.2) is 8.42 Å². The van der Waals surface area contributed by atoms with Crippen molar-refractivity contribution in [1.82, 2.24) is 0 Å². The Hall–Kier alpha value is -1.36. The second kappa shape index (κ2) is 5.52. The van der Waals surface area contributed by atoms with Gasteiger partial charge in [-0.05, 0) is 38.8 Å². The largest absolute Gasteiger partial charge is 0.481 e. The number of rotatable bonds is 5. The van der Waals surface area contributed by atoms with Gasteiger partial charge in [0.1, 0.15) is 0 Å². The molecule has 1 N–H and O–H groups in total. The maximum absolute atomic E-state index is 12.2. The van der Waals surface area contributed by atoms with Crippen molar-refractivity contribution in [2.45, 2.75) is 43.8 Å². The van der Waals surface area contributed by atoms with Gasteiger partial charge in [-0.3, -0.25) is 4.79 Å². The maximum Gasteiger partial charge on any atom is 0.303 e. The van der Waals surface area contributed by atoms with Crippen LogP contribution in [-0.4, -0.2) is 24.7 Å². The highest BCUT2D eigenvalue weighted by atomic mass is 32.2. The van der Waals surface area contributed by atoms with Crippen molar-refractivity contribution in [3.8, 4) is 0 Å². The molecule has 1 aromatic rings. The van der Waals surface area contributed by atoms with Crippen molar-refractivity contribution >= 4 is 15.8 Å². The minimum atomic E-state index is -3.37. The number of hydrogen-bond donors (Lipinski definition) is 1. The van der Waals surface area contributed by atoms with Crippen LogP contribution < -0.4 is 0 Å². The molecule has 0 heterocycles. The van der Waals surface area contributed by atoms with Crippen LogP contribution >= 0.6 is 0 Å². The summed E-state index contributed by atoms with van der Waals surface area (Å²) in [6.45, 7) is 5.10. The fraction of sp³-hybridized carbons (Fsp3) is 0.462. The van der Waals surface area contributed by atoms with Crippen LogP contribution in [0.1, 0.15) is 31.4 Å². The van der Waals surface area contributed by atoms with Gasteiger partial charge < -0.3 is 5.11 Å². The average molecular weight is 270 g/mol. The van der Waals surface area contributed by atoms with Crippen LogP contribution in [0.4, 0.5) is 0 Å². The predicted octanol–water partition coefficient (Wildman–Crippen LogP) is 2.19. The lowest BCUT2D eigenvalue weighted by Crippen LogP contribution is -2.16. The van der Waals surface area contributed by atoms with E-state index in [1.807, 2.05) is 6.92 Å². The first-order valence-electron chi connectivity index (χ1n) is 5.80. The fourth-order valence-corrected chi connectivity index (χ4v) is 2.97. The molecule has 1 aromatic carbocycles. The number of aryl methyl sites for hydroxylation is 2. The SMILES string of the molecule is Cc1ccc(S(=O)(=O)C(C)C)c(CCC(=O)O)c1. The molecular weight excluding hydrogens is 252 g/mol. The van der Waals surface area contributed by atoms with E-state index in [9.17, 15) is 13.2 Å². The normalized spacial score (nSPS) is 11.8. The third kappa shape index (κ3) is 3.32. The van der Waals surface area contributed by atoms with Gasteiger partial charge in [0.25, 0.3) is 0 Å².